The molecule has 10 nitrogen and oxygen atoms in total. The van der Waals surface area contributed by atoms with E-state index in [1.807, 2.05) is 12.1 Å². The molecule has 1 aliphatic heterocycles. The van der Waals surface area contributed by atoms with Gasteiger partial charge in [0.1, 0.15) is 17.2 Å². The predicted molar refractivity (Wildman–Crippen MR) is 186 cm³/mol. The molecule has 1 fully saturated rings. The van der Waals surface area contributed by atoms with Crippen molar-refractivity contribution in [1.82, 2.24) is 24.3 Å². The first-order valence-corrected chi connectivity index (χ1v) is 16.0. The number of piperazine rings is 1. The maximum absolute atomic E-state index is 13.5. The van der Waals surface area contributed by atoms with Crippen LogP contribution in [-0.2, 0) is 19.8 Å². The van der Waals surface area contributed by atoms with Crippen LogP contribution in [0.15, 0.2) is 85.2 Å². The highest BCUT2D eigenvalue weighted by molar-refractivity contribution is 6.05. The minimum absolute atomic E-state index is 0. The highest BCUT2D eigenvalue weighted by Gasteiger charge is 2.31. The van der Waals surface area contributed by atoms with Gasteiger partial charge in [-0.2, -0.15) is 26.3 Å². The summed E-state index contributed by atoms with van der Waals surface area (Å²) in [6.07, 6.45) is -6.20. The summed E-state index contributed by atoms with van der Waals surface area (Å²) in [5, 5.41) is 0.819. The SMILES string of the molecule is CN(C(=O)c1ccc(C(F)(F)F)cc1)c1cnc(Oc2ccc3cc(C(=O)N4CCN(Cc5ccc(OCC(F)(F)F)cc5)CC4)n(C)c3c2)nc1.Cl. The van der Waals surface area contributed by atoms with Crippen LogP contribution in [0.2, 0.25) is 0 Å². The zero-order valence-electron chi connectivity index (χ0n) is 28.3. The average Bonchev–Trinajstić information content (AvgIpc) is 3.45. The number of carbonyl (C=O) groups excluding carboxylic acids is 2. The number of aromatic nitrogens is 3. The van der Waals surface area contributed by atoms with E-state index < -0.39 is 30.4 Å². The molecular formula is C36H33ClF6N6O4. The van der Waals surface area contributed by atoms with E-state index in [4.69, 9.17) is 9.47 Å². The van der Waals surface area contributed by atoms with Gasteiger partial charge in [-0.3, -0.25) is 14.5 Å². The van der Waals surface area contributed by atoms with E-state index in [0.717, 1.165) is 40.7 Å². The Morgan fingerprint density at radius 3 is 2.06 bits per heavy atom. The van der Waals surface area contributed by atoms with Crippen LogP contribution in [0.25, 0.3) is 10.9 Å². The lowest BCUT2D eigenvalue weighted by atomic mass is 10.1. The zero-order chi connectivity index (χ0) is 37.2. The third-order valence-electron chi connectivity index (χ3n) is 8.60. The summed E-state index contributed by atoms with van der Waals surface area (Å²) in [4.78, 5) is 39.9. The van der Waals surface area contributed by atoms with Crippen molar-refractivity contribution in [3.63, 3.8) is 0 Å². The van der Waals surface area contributed by atoms with E-state index in [1.165, 1.54) is 36.5 Å². The van der Waals surface area contributed by atoms with Gasteiger partial charge in [0.05, 0.1) is 29.2 Å². The van der Waals surface area contributed by atoms with Crippen LogP contribution >= 0.6 is 12.4 Å². The summed E-state index contributed by atoms with van der Waals surface area (Å²) >= 11 is 0. The number of aryl methyl sites for hydroxylation is 1. The number of ether oxygens (including phenoxy) is 2. The molecule has 3 aromatic carbocycles. The van der Waals surface area contributed by atoms with Gasteiger partial charge < -0.3 is 23.8 Å². The minimum Gasteiger partial charge on any atom is -0.484 e. The van der Waals surface area contributed by atoms with Crippen molar-refractivity contribution in [2.24, 2.45) is 7.05 Å². The Bertz CT molecular complexity index is 2050. The molecule has 0 atom stereocenters. The Morgan fingerprint density at radius 2 is 1.45 bits per heavy atom. The molecule has 0 N–H and O–H groups in total. The molecule has 6 rings (SSSR count). The normalized spacial score (nSPS) is 13.8. The Labute approximate surface area is 305 Å². The van der Waals surface area contributed by atoms with Gasteiger partial charge in [-0.05, 0) is 60.2 Å². The fraction of sp³-hybridized carbons (Fsp3) is 0.278. The standard InChI is InChI=1S/C36H32F6N6O4.ClH/c1-45(32(49)24-5-8-26(9-6-24)36(40,41)42)27-19-43-34(44-20-27)52-29-12-7-25-17-31(46(2)30(25)18-29)33(50)48-15-13-47(14-16-48)21-23-3-10-28(11-4-23)51-22-35(37,38)39;/h3-12,17-20H,13-16,21-22H2,1-2H3;1H. The lowest BCUT2D eigenvalue weighted by Gasteiger charge is -2.34. The number of hydrogen-bond donors (Lipinski definition) is 0. The molecule has 17 heteroatoms. The monoisotopic (exact) mass is 762 g/mol. The van der Waals surface area contributed by atoms with Crippen LogP contribution in [0.1, 0.15) is 32.0 Å². The number of carbonyl (C=O) groups is 2. The number of hydrogen-bond acceptors (Lipinski definition) is 7. The number of rotatable bonds is 9. The molecule has 0 radical (unpaired) electrons. The van der Waals surface area contributed by atoms with Crippen LogP contribution in [0.5, 0.6) is 17.5 Å². The molecule has 280 valence electrons. The second kappa shape index (κ2) is 15.7. The topological polar surface area (TPSA) is 93.0 Å². The predicted octanol–water partition coefficient (Wildman–Crippen LogP) is 7.38. The Morgan fingerprint density at radius 1 is 0.830 bits per heavy atom. The molecule has 3 heterocycles. The average molecular weight is 763 g/mol. The smallest absolute Gasteiger partial charge is 0.422 e. The molecule has 0 aliphatic carbocycles. The Balaban J connectivity index is 0.00000541. The first-order chi connectivity index (χ1) is 24.6. The lowest BCUT2D eigenvalue weighted by Crippen LogP contribution is -2.48. The zero-order valence-corrected chi connectivity index (χ0v) is 29.1. The summed E-state index contributed by atoms with van der Waals surface area (Å²) in [7, 11) is 3.24. The van der Waals surface area contributed by atoms with Gasteiger partial charge >= 0.3 is 18.4 Å². The van der Waals surface area contributed by atoms with Gasteiger partial charge in [-0.15, -0.1) is 12.4 Å². The van der Waals surface area contributed by atoms with E-state index in [1.54, 1.807) is 40.8 Å². The highest BCUT2D eigenvalue weighted by Crippen LogP contribution is 2.30. The number of benzene rings is 3. The van der Waals surface area contributed by atoms with E-state index >= 15 is 0 Å². The molecular weight excluding hydrogens is 730 g/mol. The second-order valence-electron chi connectivity index (χ2n) is 12.2. The molecule has 0 bridgehead atoms. The lowest BCUT2D eigenvalue weighted by molar-refractivity contribution is -0.153. The molecule has 5 aromatic rings. The van der Waals surface area contributed by atoms with Gasteiger partial charge in [0.2, 0.25) is 0 Å². The maximum Gasteiger partial charge on any atom is 0.422 e. The molecule has 53 heavy (non-hydrogen) atoms. The van der Waals surface area contributed by atoms with Gasteiger partial charge in [0.15, 0.2) is 6.61 Å². The van der Waals surface area contributed by atoms with E-state index in [0.29, 0.717) is 49.9 Å². The van der Waals surface area contributed by atoms with Crippen LogP contribution in [0.3, 0.4) is 0 Å². The van der Waals surface area contributed by atoms with Crippen molar-refractivity contribution in [2.75, 3.05) is 44.7 Å². The maximum atomic E-state index is 13.5. The summed E-state index contributed by atoms with van der Waals surface area (Å²) < 4.78 is 88.3. The summed E-state index contributed by atoms with van der Waals surface area (Å²) in [6.45, 7) is 1.49. The molecule has 0 unspecified atom stereocenters. The fourth-order valence-corrected chi connectivity index (χ4v) is 5.72. The number of fused-ring (bicyclic) bond motifs is 1. The van der Waals surface area contributed by atoms with Crippen LogP contribution in [0, 0.1) is 0 Å². The number of anilines is 1. The van der Waals surface area contributed by atoms with Gasteiger partial charge in [0, 0.05) is 63.8 Å². The number of alkyl halides is 6. The number of halogens is 7. The molecule has 0 spiro atoms. The third kappa shape index (κ3) is 9.37. The largest absolute Gasteiger partial charge is 0.484 e. The number of amides is 2. The van der Waals surface area contributed by atoms with Gasteiger partial charge in [-0.1, -0.05) is 12.1 Å². The van der Waals surface area contributed by atoms with E-state index in [2.05, 4.69) is 14.9 Å². The molecule has 0 saturated carbocycles. The Hall–Kier alpha value is -5.35. The van der Waals surface area contributed by atoms with E-state index in [-0.39, 0.29) is 35.6 Å². The summed E-state index contributed by atoms with van der Waals surface area (Å²) in [5.74, 6) is -0.115. The quantitative estimate of drug-likeness (QED) is 0.145. The fourth-order valence-electron chi connectivity index (χ4n) is 5.72. The summed E-state index contributed by atoms with van der Waals surface area (Å²) in [6, 6.07) is 17.5. The third-order valence-corrected chi connectivity index (χ3v) is 8.60. The van der Waals surface area contributed by atoms with Gasteiger partial charge in [0.25, 0.3) is 11.8 Å². The first-order valence-electron chi connectivity index (χ1n) is 16.0. The molecule has 1 saturated heterocycles. The van der Waals surface area contributed by atoms with Crippen molar-refractivity contribution in [3.05, 3.63) is 108 Å². The van der Waals surface area contributed by atoms with Crippen molar-refractivity contribution in [1.29, 1.82) is 0 Å². The highest BCUT2D eigenvalue weighted by atomic mass is 35.5. The van der Waals surface area contributed by atoms with Crippen LogP contribution in [0.4, 0.5) is 32.0 Å². The molecule has 2 aromatic heterocycles. The van der Waals surface area contributed by atoms with Crippen molar-refractivity contribution < 1.29 is 45.4 Å². The molecule has 2 amide bonds. The second-order valence-corrected chi connectivity index (χ2v) is 12.2. The Kier molecular flexibility index (Phi) is 11.5. The van der Waals surface area contributed by atoms with Gasteiger partial charge in [-0.25, -0.2) is 9.97 Å². The van der Waals surface area contributed by atoms with Crippen molar-refractivity contribution >= 4 is 40.8 Å². The van der Waals surface area contributed by atoms with Crippen LogP contribution in [-0.4, -0.2) is 82.2 Å². The van der Waals surface area contributed by atoms with Crippen LogP contribution < -0.4 is 14.4 Å². The molecule has 1 aliphatic rings. The van der Waals surface area contributed by atoms with Crippen molar-refractivity contribution in [2.45, 2.75) is 18.9 Å². The number of nitrogens with zero attached hydrogens (tertiary/aromatic N) is 6. The minimum atomic E-state index is -4.51. The first kappa shape index (κ1) is 38.9. The summed E-state index contributed by atoms with van der Waals surface area (Å²) in [5.41, 5.74) is 1.66. The van der Waals surface area contributed by atoms with E-state index in [9.17, 15) is 35.9 Å². The van der Waals surface area contributed by atoms with Crippen molar-refractivity contribution in [3.8, 4) is 17.5 Å².